The minimum Gasteiger partial charge on any atom is -0.484 e. The van der Waals surface area contributed by atoms with Crippen molar-refractivity contribution in [3.05, 3.63) is 65.4 Å². The Bertz CT molecular complexity index is 897. The number of benzene rings is 2. The fourth-order valence-electron chi connectivity index (χ4n) is 2.36. The average Bonchev–Trinajstić information content (AvgIpc) is 2.99. The highest BCUT2D eigenvalue weighted by Crippen LogP contribution is 2.16. The molecule has 3 aromatic rings. The van der Waals surface area contributed by atoms with Crippen LogP contribution in [0.2, 0.25) is 0 Å². The third kappa shape index (κ3) is 3.63. The van der Waals surface area contributed by atoms with E-state index in [0.717, 1.165) is 22.0 Å². The summed E-state index contributed by atoms with van der Waals surface area (Å²) >= 11 is 0. The second-order valence-electron chi connectivity index (χ2n) is 5.62. The molecule has 2 N–H and O–H groups in total. The van der Waals surface area contributed by atoms with Crippen LogP contribution in [0.25, 0.3) is 10.9 Å². The number of rotatable bonds is 5. The smallest absolute Gasteiger partial charge is 0.277 e. The number of carbonyl (C=O) groups excluding carboxylic acids is 1. The van der Waals surface area contributed by atoms with Gasteiger partial charge < -0.3 is 9.72 Å². The van der Waals surface area contributed by atoms with Gasteiger partial charge in [-0.1, -0.05) is 24.3 Å². The number of amides is 1. The number of para-hydroxylation sites is 1. The summed E-state index contributed by atoms with van der Waals surface area (Å²) in [5, 5.41) is 5.04. The molecular formula is C19H19N3O2. The number of hydrogen-bond donors (Lipinski definition) is 2. The summed E-state index contributed by atoms with van der Waals surface area (Å²) in [5.41, 5.74) is 6.74. The van der Waals surface area contributed by atoms with Gasteiger partial charge in [-0.3, -0.25) is 4.79 Å². The van der Waals surface area contributed by atoms with Crippen LogP contribution in [0.1, 0.15) is 16.7 Å². The molecule has 0 aliphatic carbocycles. The Morgan fingerprint density at radius 1 is 1.21 bits per heavy atom. The molecule has 0 unspecified atom stereocenters. The number of fused-ring (bicyclic) bond motifs is 1. The predicted octanol–water partition coefficient (Wildman–Crippen LogP) is 3.31. The molecule has 0 aliphatic heterocycles. The lowest BCUT2D eigenvalue weighted by molar-refractivity contribution is -0.123. The number of aryl methyl sites for hydroxylation is 2. The second-order valence-corrected chi connectivity index (χ2v) is 5.62. The molecule has 0 bridgehead atoms. The van der Waals surface area contributed by atoms with Crippen LogP contribution < -0.4 is 10.2 Å². The van der Waals surface area contributed by atoms with Crippen molar-refractivity contribution in [2.75, 3.05) is 6.61 Å². The van der Waals surface area contributed by atoms with E-state index >= 15 is 0 Å². The third-order valence-electron chi connectivity index (χ3n) is 3.86. The van der Waals surface area contributed by atoms with E-state index in [9.17, 15) is 4.79 Å². The molecule has 24 heavy (non-hydrogen) atoms. The maximum atomic E-state index is 11.8. The molecule has 0 aliphatic rings. The van der Waals surface area contributed by atoms with Crippen molar-refractivity contribution in [3.63, 3.8) is 0 Å². The van der Waals surface area contributed by atoms with Crippen LogP contribution in [0, 0.1) is 13.8 Å². The fourth-order valence-corrected chi connectivity index (χ4v) is 2.36. The highest BCUT2D eigenvalue weighted by atomic mass is 16.5. The minimum absolute atomic E-state index is 0.0757. The molecule has 5 heteroatoms. The highest BCUT2D eigenvalue weighted by Gasteiger charge is 2.03. The van der Waals surface area contributed by atoms with Crippen molar-refractivity contribution >= 4 is 23.0 Å². The highest BCUT2D eigenvalue weighted by molar-refractivity contribution is 5.99. The Morgan fingerprint density at radius 2 is 2.04 bits per heavy atom. The van der Waals surface area contributed by atoms with Crippen LogP contribution in [0.15, 0.2) is 53.8 Å². The van der Waals surface area contributed by atoms with Crippen molar-refractivity contribution in [2.45, 2.75) is 13.8 Å². The molecule has 0 saturated carbocycles. The molecule has 3 rings (SSSR count). The molecular weight excluding hydrogens is 302 g/mol. The lowest BCUT2D eigenvalue weighted by Crippen LogP contribution is -2.24. The number of carbonyl (C=O) groups is 1. The van der Waals surface area contributed by atoms with E-state index in [1.165, 1.54) is 5.56 Å². The van der Waals surface area contributed by atoms with Crippen molar-refractivity contribution in [3.8, 4) is 5.75 Å². The van der Waals surface area contributed by atoms with Gasteiger partial charge in [0.05, 0.1) is 6.21 Å². The minimum atomic E-state index is -0.302. The Morgan fingerprint density at radius 3 is 2.88 bits per heavy atom. The lowest BCUT2D eigenvalue weighted by atomic mass is 10.1. The first-order valence-electron chi connectivity index (χ1n) is 7.71. The zero-order valence-electron chi connectivity index (χ0n) is 13.7. The predicted molar refractivity (Wildman–Crippen MR) is 95.4 cm³/mol. The summed E-state index contributed by atoms with van der Waals surface area (Å²) in [4.78, 5) is 15.0. The first kappa shape index (κ1) is 15.8. The molecule has 0 radical (unpaired) electrons. The number of hydrazone groups is 1. The van der Waals surface area contributed by atoms with Crippen LogP contribution in [-0.4, -0.2) is 23.7 Å². The van der Waals surface area contributed by atoms with Crippen LogP contribution in [0.4, 0.5) is 0 Å². The summed E-state index contributed by atoms with van der Waals surface area (Å²) in [6, 6.07) is 13.6. The van der Waals surface area contributed by atoms with Gasteiger partial charge in [0.1, 0.15) is 5.75 Å². The number of aromatic amines is 1. The first-order valence-corrected chi connectivity index (χ1v) is 7.71. The topological polar surface area (TPSA) is 66.5 Å². The summed E-state index contributed by atoms with van der Waals surface area (Å²) in [7, 11) is 0. The summed E-state index contributed by atoms with van der Waals surface area (Å²) in [5.74, 6) is 0.373. The maximum Gasteiger partial charge on any atom is 0.277 e. The Kier molecular flexibility index (Phi) is 4.61. The van der Waals surface area contributed by atoms with E-state index in [-0.39, 0.29) is 12.5 Å². The van der Waals surface area contributed by atoms with E-state index in [1.807, 2.05) is 62.5 Å². The van der Waals surface area contributed by atoms with E-state index in [0.29, 0.717) is 5.75 Å². The quantitative estimate of drug-likeness (QED) is 0.559. The average molecular weight is 321 g/mol. The largest absolute Gasteiger partial charge is 0.484 e. The number of ether oxygens (including phenoxy) is 1. The van der Waals surface area contributed by atoms with Gasteiger partial charge in [-0.2, -0.15) is 5.10 Å². The number of H-pyrrole nitrogens is 1. The van der Waals surface area contributed by atoms with E-state index in [1.54, 1.807) is 6.21 Å². The van der Waals surface area contributed by atoms with Gasteiger partial charge >= 0.3 is 0 Å². The van der Waals surface area contributed by atoms with Crippen LogP contribution in [-0.2, 0) is 4.79 Å². The Labute approximate surface area is 140 Å². The maximum absolute atomic E-state index is 11.8. The molecule has 0 saturated heterocycles. The van der Waals surface area contributed by atoms with Crippen LogP contribution in [0.3, 0.4) is 0 Å². The molecule has 0 atom stereocenters. The van der Waals surface area contributed by atoms with E-state index in [4.69, 9.17) is 4.74 Å². The standard InChI is InChI=1S/C19H19N3O2/c1-13-7-8-16(9-14(13)2)24-12-19(23)22-21-11-15-10-20-18-6-4-3-5-17(15)18/h3-11,20H,12H2,1-2H3,(H,22,23). The molecule has 5 nitrogen and oxygen atoms in total. The van der Waals surface area contributed by atoms with Crippen molar-refractivity contribution in [1.29, 1.82) is 0 Å². The van der Waals surface area contributed by atoms with Gasteiger partial charge in [0.15, 0.2) is 6.61 Å². The third-order valence-corrected chi connectivity index (χ3v) is 3.86. The number of aromatic nitrogens is 1. The zero-order chi connectivity index (χ0) is 16.9. The molecule has 0 fully saturated rings. The van der Waals surface area contributed by atoms with Gasteiger partial charge in [0, 0.05) is 22.7 Å². The monoisotopic (exact) mass is 321 g/mol. The van der Waals surface area contributed by atoms with E-state index < -0.39 is 0 Å². The van der Waals surface area contributed by atoms with Gasteiger partial charge in [0.2, 0.25) is 0 Å². The Hall–Kier alpha value is -3.08. The van der Waals surface area contributed by atoms with Crippen molar-refractivity contribution in [2.24, 2.45) is 5.10 Å². The van der Waals surface area contributed by atoms with Crippen LogP contribution in [0.5, 0.6) is 5.75 Å². The molecule has 122 valence electrons. The SMILES string of the molecule is Cc1ccc(OCC(=O)NN=Cc2c[nH]c3ccccc23)cc1C. The second kappa shape index (κ2) is 7.00. The zero-order valence-corrected chi connectivity index (χ0v) is 13.7. The molecule has 1 amide bonds. The summed E-state index contributed by atoms with van der Waals surface area (Å²) in [6.07, 6.45) is 3.47. The molecule has 2 aromatic carbocycles. The van der Waals surface area contributed by atoms with Crippen LogP contribution >= 0.6 is 0 Å². The summed E-state index contributed by atoms with van der Waals surface area (Å²) in [6.45, 7) is 3.97. The Balaban J connectivity index is 1.54. The number of hydrogen-bond acceptors (Lipinski definition) is 3. The molecule has 1 aromatic heterocycles. The number of nitrogens with zero attached hydrogens (tertiary/aromatic N) is 1. The van der Waals surface area contributed by atoms with Gasteiger partial charge in [-0.15, -0.1) is 0 Å². The first-order chi connectivity index (χ1) is 11.6. The van der Waals surface area contributed by atoms with Gasteiger partial charge in [0.25, 0.3) is 5.91 Å². The van der Waals surface area contributed by atoms with Gasteiger partial charge in [-0.25, -0.2) is 5.43 Å². The normalized spacial score (nSPS) is 11.1. The summed E-state index contributed by atoms with van der Waals surface area (Å²) < 4.78 is 5.47. The van der Waals surface area contributed by atoms with Crippen molar-refractivity contribution in [1.82, 2.24) is 10.4 Å². The lowest BCUT2D eigenvalue weighted by Gasteiger charge is -2.07. The van der Waals surface area contributed by atoms with E-state index in [2.05, 4.69) is 15.5 Å². The molecule has 0 spiro atoms. The fraction of sp³-hybridized carbons (Fsp3) is 0.158. The number of nitrogens with one attached hydrogen (secondary N) is 2. The van der Waals surface area contributed by atoms with Gasteiger partial charge in [-0.05, 0) is 43.2 Å². The van der Waals surface area contributed by atoms with Crippen molar-refractivity contribution < 1.29 is 9.53 Å². The molecule has 1 heterocycles.